The molecule has 11 heavy (non-hydrogen) atoms. The molecule has 0 aliphatic heterocycles. The van der Waals surface area contributed by atoms with E-state index in [1.54, 1.807) is 0 Å². The van der Waals surface area contributed by atoms with Crippen LogP contribution in [-0.4, -0.2) is 14.9 Å². The summed E-state index contributed by atoms with van der Waals surface area (Å²) in [4.78, 5) is 0. The monoisotopic (exact) mass is 172 g/mol. The van der Waals surface area contributed by atoms with Crippen molar-refractivity contribution in [1.82, 2.24) is 0 Å². The standard InChI is InChI=1S/C9H20OSi/c1-5-9-10-11(6-2,7-3)8-4/h6H,2,5,7-9H2,1,3-4H3. The third-order valence-electron chi connectivity index (χ3n) is 2.16. The Hall–Kier alpha value is -0.0831. The molecule has 0 unspecified atom stereocenters. The average Bonchev–Trinajstić information content (AvgIpc) is 2.08. The van der Waals surface area contributed by atoms with Gasteiger partial charge in [0.05, 0.1) is 0 Å². The molecular formula is C9H20OSi. The summed E-state index contributed by atoms with van der Waals surface area (Å²) in [6, 6.07) is 2.32. The highest BCUT2D eigenvalue weighted by molar-refractivity contribution is 6.78. The topological polar surface area (TPSA) is 9.23 Å². The van der Waals surface area contributed by atoms with Crippen molar-refractivity contribution in [3.8, 4) is 0 Å². The van der Waals surface area contributed by atoms with E-state index in [1.807, 2.05) is 0 Å². The molecule has 0 aliphatic carbocycles. The fourth-order valence-electron chi connectivity index (χ4n) is 1.11. The van der Waals surface area contributed by atoms with Crippen molar-refractivity contribution in [2.45, 2.75) is 39.3 Å². The fourth-order valence-corrected chi connectivity index (χ4v) is 3.32. The number of rotatable bonds is 6. The highest BCUT2D eigenvalue weighted by Gasteiger charge is 2.26. The van der Waals surface area contributed by atoms with E-state index >= 15 is 0 Å². The molecule has 0 atom stereocenters. The van der Waals surface area contributed by atoms with Gasteiger partial charge in [-0.15, -0.1) is 6.58 Å². The Labute approximate surface area is 71.6 Å². The summed E-state index contributed by atoms with van der Waals surface area (Å²) in [5.74, 6) is 0. The van der Waals surface area contributed by atoms with Gasteiger partial charge in [0.2, 0.25) is 8.32 Å². The predicted octanol–water partition coefficient (Wildman–Crippen LogP) is 3.12. The van der Waals surface area contributed by atoms with Crippen molar-refractivity contribution in [3.05, 3.63) is 12.3 Å². The molecule has 0 N–H and O–H groups in total. The lowest BCUT2D eigenvalue weighted by Crippen LogP contribution is -2.34. The van der Waals surface area contributed by atoms with Crippen LogP contribution in [0, 0.1) is 0 Å². The minimum Gasteiger partial charge on any atom is -0.413 e. The summed E-state index contributed by atoms with van der Waals surface area (Å²) >= 11 is 0. The maximum absolute atomic E-state index is 5.85. The van der Waals surface area contributed by atoms with E-state index in [2.05, 4.69) is 33.0 Å². The van der Waals surface area contributed by atoms with Crippen LogP contribution in [0.15, 0.2) is 12.3 Å². The van der Waals surface area contributed by atoms with E-state index in [0.29, 0.717) is 0 Å². The van der Waals surface area contributed by atoms with E-state index in [9.17, 15) is 0 Å². The SMILES string of the molecule is C=C[Si](CC)(CC)OCCC. The molecule has 0 aromatic heterocycles. The molecule has 0 aromatic rings. The first kappa shape index (κ1) is 10.9. The van der Waals surface area contributed by atoms with Crippen LogP contribution in [0.3, 0.4) is 0 Å². The molecule has 0 amide bonds. The third-order valence-corrected chi connectivity index (χ3v) is 6.08. The average molecular weight is 172 g/mol. The van der Waals surface area contributed by atoms with Gasteiger partial charge >= 0.3 is 0 Å². The molecule has 0 rings (SSSR count). The molecule has 0 heterocycles. The Bertz CT molecular complexity index is 108. The second-order valence-corrected chi connectivity index (χ2v) is 7.07. The Balaban J connectivity index is 3.94. The minimum atomic E-state index is -1.47. The summed E-state index contributed by atoms with van der Waals surface area (Å²) in [6.45, 7) is 11.3. The molecule has 0 aromatic carbocycles. The van der Waals surface area contributed by atoms with Gasteiger partial charge in [0.25, 0.3) is 0 Å². The summed E-state index contributed by atoms with van der Waals surface area (Å²) in [5.41, 5.74) is 2.07. The zero-order chi connectivity index (χ0) is 8.74. The third kappa shape index (κ3) is 3.21. The largest absolute Gasteiger partial charge is 0.413 e. The second-order valence-electron chi connectivity index (χ2n) is 2.82. The Kier molecular flexibility index (Phi) is 5.51. The van der Waals surface area contributed by atoms with Gasteiger partial charge in [-0.2, -0.15) is 0 Å². The van der Waals surface area contributed by atoms with Crippen molar-refractivity contribution in [2.75, 3.05) is 6.61 Å². The van der Waals surface area contributed by atoms with Crippen LogP contribution in [-0.2, 0) is 4.43 Å². The van der Waals surface area contributed by atoms with Crippen molar-refractivity contribution in [2.24, 2.45) is 0 Å². The molecule has 0 saturated carbocycles. The maximum atomic E-state index is 5.85. The molecule has 0 aliphatic rings. The Morgan fingerprint density at radius 3 is 2.09 bits per heavy atom. The van der Waals surface area contributed by atoms with Crippen molar-refractivity contribution in [1.29, 1.82) is 0 Å². The van der Waals surface area contributed by atoms with Crippen LogP contribution < -0.4 is 0 Å². The van der Waals surface area contributed by atoms with Gasteiger partial charge in [0, 0.05) is 6.61 Å². The Morgan fingerprint density at radius 2 is 1.82 bits per heavy atom. The molecule has 2 heteroatoms. The lowest BCUT2D eigenvalue weighted by molar-refractivity contribution is 0.307. The van der Waals surface area contributed by atoms with Crippen LogP contribution in [0.4, 0.5) is 0 Å². The van der Waals surface area contributed by atoms with E-state index < -0.39 is 8.32 Å². The van der Waals surface area contributed by atoms with Crippen LogP contribution in [0.1, 0.15) is 27.2 Å². The van der Waals surface area contributed by atoms with Crippen LogP contribution >= 0.6 is 0 Å². The lowest BCUT2D eigenvalue weighted by Gasteiger charge is -2.24. The molecule has 66 valence electrons. The molecule has 1 nitrogen and oxygen atoms in total. The smallest absolute Gasteiger partial charge is 0.215 e. The molecule has 0 bridgehead atoms. The molecular weight excluding hydrogens is 152 g/mol. The highest BCUT2D eigenvalue weighted by atomic mass is 28.4. The quantitative estimate of drug-likeness (QED) is 0.559. The number of hydrogen-bond acceptors (Lipinski definition) is 1. The van der Waals surface area contributed by atoms with Crippen molar-refractivity contribution >= 4 is 8.32 Å². The summed E-state index contributed by atoms with van der Waals surface area (Å²) in [7, 11) is -1.47. The van der Waals surface area contributed by atoms with Crippen LogP contribution in [0.2, 0.25) is 12.1 Å². The van der Waals surface area contributed by atoms with Gasteiger partial charge in [0.1, 0.15) is 0 Å². The second kappa shape index (κ2) is 5.55. The van der Waals surface area contributed by atoms with Crippen molar-refractivity contribution < 1.29 is 4.43 Å². The molecule has 0 fully saturated rings. The van der Waals surface area contributed by atoms with Crippen LogP contribution in [0.5, 0.6) is 0 Å². The molecule has 0 spiro atoms. The van der Waals surface area contributed by atoms with Gasteiger partial charge in [0.15, 0.2) is 0 Å². The summed E-state index contributed by atoms with van der Waals surface area (Å²) < 4.78 is 5.85. The van der Waals surface area contributed by atoms with Crippen LogP contribution in [0.25, 0.3) is 0 Å². The van der Waals surface area contributed by atoms with E-state index in [4.69, 9.17) is 4.43 Å². The Morgan fingerprint density at radius 1 is 1.27 bits per heavy atom. The van der Waals surface area contributed by atoms with Crippen molar-refractivity contribution in [3.63, 3.8) is 0 Å². The van der Waals surface area contributed by atoms with Gasteiger partial charge in [-0.3, -0.25) is 0 Å². The lowest BCUT2D eigenvalue weighted by atomic mass is 10.5. The highest BCUT2D eigenvalue weighted by Crippen LogP contribution is 2.17. The molecule has 0 radical (unpaired) electrons. The maximum Gasteiger partial charge on any atom is 0.215 e. The van der Waals surface area contributed by atoms with E-state index in [0.717, 1.165) is 25.1 Å². The first-order valence-electron chi connectivity index (χ1n) is 4.52. The molecule has 0 saturated heterocycles. The first-order chi connectivity index (χ1) is 5.24. The van der Waals surface area contributed by atoms with Gasteiger partial charge in [-0.25, -0.2) is 0 Å². The fraction of sp³-hybridized carbons (Fsp3) is 0.778. The predicted molar refractivity (Wildman–Crippen MR) is 53.2 cm³/mol. The van der Waals surface area contributed by atoms with Gasteiger partial charge in [-0.1, -0.05) is 26.5 Å². The normalized spacial score (nSPS) is 11.5. The van der Waals surface area contributed by atoms with Gasteiger partial charge < -0.3 is 4.43 Å². The summed E-state index contributed by atoms with van der Waals surface area (Å²) in [6.07, 6.45) is 1.11. The first-order valence-corrected chi connectivity index (χ1v) is 6.92. The summed E-state index contributed by atoms with van der Waals surface area (Å²) in [5, 5.41) is 0. The number of hydrogen-bond donors (Lipinski definition) is 0. The van der Waals surface area contributed by atoms with E-state index in [1.165, 1.54) is 0 Å². The van der Waals surface area contributed by atoms with E-state index in [-0.39, 0.29) is 0 Å². The van der Waals surface area contributed by atoms with Gasteiger partial charge in [-0.05, 0) is 18.5 Å². The zero-order valence-electron chi connectivity index (χ0n) is 8.02. The zero-order valence-corrected chi connectivity index (χ0v) is 9.02. The minimum absolute atomic E-state index is 0.903.